The average Bonchev–Trinajstić information content (AvgIpc) is 3.22. The van der Waals surface area contributed by atoms with E-state index >= 15 is 0 Å². The van der Waals surface area contributed by atoms with Crippen LogP contribution in [-0.2, 0) is 13.0 Å². The van der Waals surface area contributed by atoms with Gasteiger partial charge in [0.05, 0.1) is 7.11 Å². The van der Waals surface area contributed by atoms with Crippen molar-refractivity contribution in [3.05, 3.63) is 68.1 Å². The highest BCUT2D eigenvalue weighted by molar-refractivity contribution is 9.10. The van der Waals surface area contributed by atoms with Crippen molar-refractivity contribution in [2.75, 3.05) is 12.4 Å². The number of nitrogens with zero attached hydrogens (tertiary/aromatic N) is 2. The highest BCUT2D eigenvalue weighted by atomic mass is 79.9. The average molecular weight is 489 g/mol. The van der Waals surface area contributed by atoms with Crippen LogP contribution >= 0.6 is 27.3 Å². The first-order valence-corrected chi connectivity index (χ1v) is 11.0. The molecular formula is C21H21BrN4O3S. The SMILES string of the molecule is CCCc1nnc(C(=O)Nc2ccc(C(=O)NCc3cc(Br)ccc3OC)cc2)s1. The molecule has 2 aromatic carbocycles. The molecule has 3 rings (SSSR count). The Labute approximate surface area is 187 Å². The molecule has 0 spiro atoms. The number of benzene rings is 2. The van der Waals surface area contributed by atoms with Crippen molar-refractivity contribution in [1.29, 1.82) is 0 Å². The number of nitrogens with one attached hydrogen (secondary N) is 2. The highest BCUT2D eigenvalue weighted by Gasteiger charge is 2.13. The number of carbonyl (C=O) groups excluding carboxylic acids is 2. The van der Waals surface area contributed by atoms with Crippen LogP contribution in [0.25, 0.3) is 0 Å². The molecule has 1 heterocycles. The Morgan fingerprint density at radius 3 is 2.57 bits per heavy atom. The first kappa shape index (κ1) is 21.9. The minimum absolute atomic E-state index is 0.219. The molecule has 30 heavy (non-hydrogen) atoms. The van der Waals surface area contributed by atoms with Crippen molar-refractivity contribution in [3.63, 3.8) is 0 Å². The summed E-state index contributed by atoms with van der Waals surface area (Å²) in [6.45, 7) is 2.38. The minimum atomic E-state index is -0.311. The molecule has 1 aromatic heterocycles. The Morgan fingerprint density at radius 1 is 1.10 bits per heavy atom. The molecule has 2 N–H and O–H groups in total. The zero-order chi connectivity index (χ0) is 21.5. The highest BCUT2D eigenvalue weighted by Crippen LogP contribution is 2.23. The molecule has 0 aliphatic rings. The van der Waals surface area contributed by atoms with Crippen LogP contribution in [0.15, 0.2) is 46.9 Å². The number of rotatable bonds is 8. The summed E-state index contributed by atoms with van der Waals surface area (Å²) >= 11 is 4.71. The number of aromatic nitrogens is 2. The fourth-order valence-corrected chi connectivity index (χ4v) is 3.96. The molecule has 0 saturated carbocycles. The van der Waals surface area contributed by atoms with E-state index in [0.717, 1.165) is 27.9 Å². The molecule has 7 nitrogen and oxygen atoms in total. The van der Waals surface area contributed by atoms with Gasteiger partial charge in [0.1, 0.15) is 10.8 Å². The van der Waals surface area contributed by atoms with E-state index in [1.165, 1.54) is 11.3 Å². The molecule has 0 unspecified atom stereocenters. The Kier molecular flexibility index (Phi) is 7.53. The maximum absolute atomic E-state index is 12.5. The van der Waals surface area contributed by atoms with Gasteiger partial charge in [-0.05, 0) is 48.9 Å². The third-order valence-corrected chi connectivity index (χ3v) is 5.69. The van der Waals surface area contributed by atoms with E-state index in [0.29, 0.717) is 28.6 Å². The van der Waals surface area contributed by atoms with Gasteiger partial charge in [0.2, 0.25) is 5.01 Å². The fourth-order valence-electron chi connectivity index (χ4n) is 2.71. The standard InChI is InChI=1S/C21H21BrN4O3S/c1-3-4-18-25-26-21(30-18)20(28)24-16-8-5-13(6-9-16)19(27)23-12-14-11-15(22)7-10-17(14)29-2/h5-11H,3-4,12H2,1-2H3,(H,23,27)(H,24,28). The third-order valence-electron chi connectivity index (χ3n) is 4.21. The van der Waals surface area contributed by atoms with Gasteiger partial charge in [0.15, 0.2) is 0 Å². The molecule has 0 fully saturated rings. The molecule has 0 atom stereocenters. The van der Waals surface area contributed by atoms with Crippen molar-refractivity contribution < 1.29 is 14.3 Å². The summed E-state index contributed by atoms with van der Waals surface area (Å²) in [6.07, 6.45) is 1.76. The zero-order valence-corrected chi connectivity index (χ0v) is 19.0. The van der Waals surface area contributed by atoms with E-state index < -0.39 is 0 Å². The van der Waals surface area contributed by atoms with Crippen LogP contribution in [0.5, 0.6) is 5.75 Å². The van der Waals surface area contributed by atoms with Gasteiger partial charge in [-0.1, -0.05) is 34.2 Å². The van der Waals surface area contributed by atoms with Crippen LogP contribution in [0.3, 0.4) is 0 Å². The molecule has 156 valence electrons. The number of ether oxygens (including phenoxy) is 1. The summed E-state index contributed by atoms with van der Waals surface area (Å²) in [7, 11) is 1.59. The van der Waals surface area contributed by atoms with Crippen molar-refractivity contribution >= 4 is 44.8 Å². The lowest BCUT2D eigenvalue weighted by Crippen LogP contribution is -2.23. The number of carbonyl (C=O) groups is 2. The summed E-state index contributed by atoms with van der Waals surface area (Å²) in [4.78, 5) is 24.8. The van der Waals surface area contributed by atoms with Crippen LogP contribution in [-0.4, -0.2) is 29.1 Å². The predicted octanol–water partition coefficient (Wildman–Crippen LogP) is 4.44. The maximum atomic E-state index is 12.5. The van der Waals surface area contributed by atoms with Crippen LogP contribution in [0, 0.1) is 0 Å². The summed E-state index contributed by atoms with van der Waals surface area (Å²) in [5.74, 6) is 0.173. The molecule has 2 amide bonds. The Bertz CT molecular complexity index is 1040. The second-order valence-corrected chi connectivity index (χ2v) is 8.40. The molecule has 3 aromatic rings. The Hall–Kier alpha value is -2.78. The van der Waals surface area contributed by atoms with Crippen molar-refractivity contribution in [2.24, 2.45) is 0 Å². The molecule has 0 aliphatic heterocycles. The molecule has 0 saturated heterocycles. The van der Waals surface area contributed by atoms with Gasteiger partial charge in [-0.3, -0.25) is 9.59 Å². The number of aryl methyl sites for hydroxylation is 1. The van der Waals surface area contributed by atoms with E-state index in [9.17, 15) is 9.59 Å². The molecule has 9 heteroatoms. The number of hydrogen-bond donors (Lipinski definition) is 2. The lowest BCUT2D eigenvalue weighted by Gasteiger charge is -2.11. The lowest BCUT2D eigenvalue weighted by atomic mass is 10.1. The van der Waals surface area contributed by atoms with Crippen LogP contribution in [0.2, 0.25) is 0 Å². The summed E-state index contributed by atoms with van der Waals surface area (Å²) in [5, 5.41) is 14.8. The second-order valence-electron chi connectivity index (χ2n) is 6.42. The van der Waals surface area contributed by atoms with Gasteiger partial charge in [0, 0.05) is 34.3 Å². The van der Waals surface area contributed by atoms with Crippen LogP contribution in [0.1, 0.15) is 44.1 Å². The predicted molar refractivity (Wildman–Crippen MR) is 120 cm³/mol. The monoisotopic (exact) mass is 488 g/mol. The second kappa shape index (κ2) is 10.3. The number of anilines is 1. The summed E-state index contributed by atoms with van der Waals surface area (Å²) < 4.78 is 6.23. The Morgan fingerprint density at radius 2 is 1.87 bits per heavy atom. The van der Waals surface area contributed by atoms with E-state index in [-0.39, 0.29) is 11.8 Å². The van der Waals surface area contributed by atoms with E-state index in [2.05, 4.69) is 36.8 Å². The van der Waals surface area contributed by atoms with Gasteiger partial charge in [0.25, 0.3) is 11.8 Å². The maximum Gasteiger partial charge on any atom is 0.286 e. The number of amides is 2. The topological polar surface area (TPSA) is 93.2 Å². The lowest BCUT2D eigenvalue weighted by molar-refractivity contribution is 0.0950. The summed E-state index contributed by atoms with van der Waals surface area (Å²) in [6, 6.07) is 12.3. The third kappa shape index (κ3) is 5.64. The van der Waals surface area contributed by atoms with Crippen molar-refractivity contribution in [1.82, 2.24) is 15.5 Å². The van der Waals surface area contributed by atoms with Crippen molar-refractivity contribution in [3.8, 4) is 5.75 Å². The molecular weight excluding hydrogens is 468 g/mol. The minimum Gasteiger partial charge on any atom is -0.496 e. The fraction of sp³-hybridized carbons (Fsp3) is 0.238. The van der Waals surface area contributed by atoms with Crippen LogP contribution < -0.4 is 15.4 Å². The largest absolute Gasteiger partial charge is 0.496 e. The van der Waals surface area contributed by atoms with Gasteiger partial charge >= 0.3 is 0 Å². The smallest absolute Gasteiger partial charge is 0.286 e. The summed E-state index contributed by atoms with van der Waals surface area (Å²) in [5.41, 5.74) is 1.93. The molecule has 0 radical (unpaired) electrons. The number of halogens is 1. The van der Waals surface area contributed by atoms with Gasteiger partial charge in [-0.25, -0.2) is 0 Å². The van der Waals surface area contributed by atoms with Gasteiger partial charge < -0.3 is 15.4 Å². The van der Waals surface area contributed by atoms with Gasteiger partial charge in [-0.2, -0.15) is 0 Å². The quantitative estimate of drug-likeness (QED) is 0.488. The number of hydrogen-bond acceptors (Lipinski definition) is 6. The number of methoxy groups -OCH3 is 1. The molecule has 0 aliphatic carbocycles. The van der Waals surface area contributed by atoms with E-state index in [1.807, 2.05) is 25.1 Å². The molecule has 0 bridgehead atoms. The Balaban J connectivity index is 1.58. The van der Waals surface area contributed by atoms with Crippen LogP contribution in [0.4, 0.5) is 5.69 Å². The van der Waals surface area contributed by atoms with E-state index in [1.54, 1.807) is 31.4 Å². The van der Waals surface area contributed by atoms with E-state index in [4.69, 9.17) is 4.74 Å². The van der Waals surface area contributed by atoms with Crippen molar-refractivity contribution in [2.45, 2.75) is 26.3 Å². The first-order valence-electron chi connectivity index (χ1n) is 9.34. The zero-order valence-electron chi connectivity index (χ0n) is 16.6. The first-order chi connectivity index (χ1) is 14.5. The van der Waals surface area contributed by atoms with Gasteiger partial charge in [-0.15, -0.1) is 10.2 Å². The normalized spacial score (nSPS) is 10.5.